The van der Waals surface area contributed by atoms with Gasteiger partial charge in [-0.3, -0.25) is 9.67 Å². The molecule has 250 valence electrons. The van der Waals surface area contributed by atoms with Crippen molar-refractivity contribution in [1.29, 1.82) is 0 Å². The number of pyridine rings is 1. The summed E-state index contributed by atoms with van der Waals surface area (Å²) in [7, 11) is 0.894. The number of halogens is 1. The van der Waals surface area contributed by atoms with Gasteiger partial charge in [-0.25, -0.2) is 4.98 Å². The highest BCUT2D eigenvalue weighted by Gasteiger charge is 2.28. The number of hydrogen-bond donors (Lipinski definition) is 2. The van der Waals surface area contributed by atoms with Gasteiger partial charge in [0.15, 0.2) is 0 Å². The Morgan fingerprint density at radius 1 is 1.02 bits per heavy atom. The molecule has 0 radical (unpaired) electrons. The Balaban J connectivity index is 1.19. The summed E-state index contributed by atoms with van der Waals surface area (Å²) in [6, 6.07) is 11.8. The van der Waals surface area contributed by atoms with E-state index < -0.39 is 7.14 Å². The van der Waals surface area contributed by atoms with E-state index in [-0.39, 0.29) is 0 Å². The van der Waals surface area contributed by atoms with Crippen LogP contribution >= 0.6 is 23.1 Å². The minimum Gasteiger partial charge on any atom is -0.494 e. The van der Waals surface area contributed by atoms with Crippen LogP contribution in [-0.4, -0.2) is 71.0 Å². The van der Waals surface area contributed by atoms with E-state index in [1.807, 2.05) is 48.4 Å². The predicted molar refractivity (Wildman–Crippen MR) is 196 cm³/mol. The Labute approximate surface area is 289 Å². The van der Waals surface area contributed by atoms with Gasteiger partial charge in [-0.2, -0.15) is 10.1 Å². The first-order valence-corrected chi connectivity index (χ1v) is 19.6. The quantitative estimate of drug-likeness (QED) is 0.134. The van der Waals surface area contributed by atoms with Gasteiger partial charge in [0.1, 0.15) is 18.7 Å². The monoisotopic (exact) mass is 730 g/mol. The summed E-state index contributed by atoms with van der Waals surface area (Å²) in [5, 5.41) is 12.9. The Morgan fingerprint density at radius 2 is 1.83 bits per heavy atom. The molecule has 1 saturated heterocycles. The van der Waals surface area contributed by atoms with E-state index in [2.05, 4.69) is 58.7 Å². The maximum atomic E-state index is 13.5. The number of anilines is 5. The molecule has 1 saturated carbocycles. The number of ether oxygens (including phenoxy) is 2. The summed E-state index contributed by atoms with van der Waals surface area (Å²) in [5.41, 5.74) is 5.35. The SMILES string of the molecule is COc1cc(N2CCC(OCC3CC3)CC2)c(-c2cnn(C)c2)cc1Nc1ncc(Br)c(Nc2ccc3ncccc3c2P(C)(C)=O)n1. The van der Waals surface area contributed by atoms with Crippen molar-refractivity contribution in [2.24, 2.45) is 13.0 Å². The van der Waals surface area contributed by atoms with Crippen LogP contribution in [0.2, 0.25) is 0 Å². The smallest absolute Gasteiger partial charge is 0.229 e. The molecular weight excluding hydrogens is 691 g/mol. The fourth-order valence-electron chi connectivity index (χ4n) is 6.29. The highest BCUT2D eigenvalue weighted by Crippen LogP contribution is 2.43. The number of fused-ring (bicyclic) bond motifs is 1. The first kappa shape index (κ1) is 32.6. The summed E-state index contributed by atoms with van der Waals surface area (Å²) >= 11 is 3.60. The third-order valence-corrected chi connectivity index (χ3v) is 11.1. The van der Waals surface area contributed by atoms with Gasteiger partial charge < -0.3 is 29.6 Å². The number of methoxy groups -OCH3 is 1. The van der Waals surface area contributed by atoms with Crippen molar-refractivity contribution in [3.05, 3.63) is 65.7 Å². The Morgan fingerprint density at radius 3 is 2.54 bits per heavy atom. The molecule has 7 rings (SSSR count). The van der Waals surface area contributed by atoms with Gasteiger partial charge in [0, 0.05) is 78.9 Å². The van der Waals surface area contributed by atoms with E-state index in [0.29, 0.717) is 33.8 Å². The van der Waals surface area contributed by atoms with Crippen LogP contribution in [0.1, 0.15) is 25.7 Å². The molecule has 0 unspecified atom stereocenters. The van der Waals surface area contributed by atoms with Crippen LogP contribution in [0.15, 0.2) is 65.7 Å². The molecule has 1 aliphatic carbocycles. The second kappa shape index (κ2) is 13.5. The van der Waals surface area contributed by atoms with E-state index in [0.717, 1.165) is 77.2 Å². The van der Waals surface area contributed by atoms with Gasteiger partial charge in [0.25, 0.3) is 0 Å². The molecule has 5 aromatic rings. The van der Waals surface area contributed by atoms with Crippen LogP contribution in [0.25, 0.3) is 22.0 Å². The van der Waals surface area contributed by atoms with Gasteiger partial charge in [-0.05, 0) is 85.1 Å². The topological polar surface area (TPSA) is 119 Å². The zero-order valence-electron chi connectivity index (χ0n) is 27.6. The normalized spacial score (nSPS) is 15.6. The molecule has 0 atom stereocenters. The van der Waals surface area contributed by atoms with Crippen LogP contribution in [0.5, 0.6) is 5.75 Å². The minimum absolute atomic E-state index is 0.313. The van der Waals surface area contributed by atoms with Gasteiger partial charge in [0.2, 0.25) is 5.95 Å². The summed E-state index contributed by atoms with van der Waals surface area (Å²) in [6.07, 6.45) is 12.2. The van der Waals surface area contributed by atoms with E-state index >= 15 is 0 Å². The minimum atomic E-state index is -2.70. The first-order chi connectivity index (χ1) is 23.2. The number of nitrogens with one attached hydrogen (secondary N) is 2. The lowest BCUT2D eigenvalue weighted by Crippen LogP contribution is -2.37. The lowest BCUT2D eigenvalue weighted by molar-refractivity contribution is 0.0305. The van der Waals surface area contributed by atoms with E-state index in [9.17, 15) is 4.57 Å². The van der Waals surface area contributed by atoms with Crippen LogP contribution in [0, 0.1) is 5.92 Å². The Kier molecular flexibility index (Phi) is 9.15. The summed E-state index contributed by atoms with van der Waals surface area (Å²) in [4.78, 5) is 16.3. The molecule has 2 aromatic carbocycles. The molecular formula is C35H40BrN8O3P. The zero-order chi connectivity index (χ0) is 33.4. The standard InChI is InChI=1S/C35H40BrN8O3P/c1-43-20-23(18-39-43)26-16-30(32(46-2)17-31(26)44-14-11-24(12-15-44)47-21-22-7-8-22)41-35-38-19-27(36)34(42-35)40-29-10-9-28-25(6-5-13-37-28)33(29)48(3,4)45/h5-6,9-10,13,16-20,22,24H,7-8,11-12,14-15,21H2,1-4H3,(H2,38,40,41,42). The highest BCUT2D eigenvalue weighted by molar-refractivity contribution is 9.10. The van der Waals surface area contributed by atoms with Crippen LogP contribution in [0.4, 0.5) is 28.8 Å². The van der Waals surface area contributed by atoms with Crippen molar-refractivity contribution >= 4 is 68.1 Å². The third kappa shape index (κ3) is 7.06. The van der Waals surface area contributed by atoms with Crippen molar-refractivity contribution in [3.8, 4) is 16.9 Å². The largest absolute Gasteiger partial charge is 0.494 e. The molecule has 0 spiro atoms. The molecule has 13 heteroatoms. The molecule has 11 nitrogen and oxygen atoms in total. The van der Waals surface area contributed by atoms with Crippen molar-refractivity contribution < 1.29 is 14.0 Å². The van der Waals surface area contributed by atoms with Crippen molar-refractivity contribution in [1.82, 2.24) is 24.7 Å². The maximum Gasteiger partial charge on any atom is 0.229 e. The van der Waals surface area contributed by atoms with Gasteiger partial charge >= 0.3 is 0 Å². The molecule has 2 N–H and O–H groups in total. The van der Waals surface area contributed by atoms with Gasteiger partial charge in [0.05, 0.1) is 40.8 Å². The first-order valence-electron chi connectivity index (χ1n) is 16.2. The predicted octanol–water partition coefficient (Wildman–Crippen LogP) is 7.33. The molecule has 48 heavy (non-hydrogen) atoms. The highest BCUT2D eigenvalue weighted by atomic mass is 79.9. The number of hydrogen-bond acceptors (Lipinski definition) is 10. The van der Waals surface area contributed by atoms with Gasteiger partial charge in [-0.15, -0.1) is 0 Å². The molecule has 4 heterocycles. The van der Waals surface area contributed by atoms with Crippen LogP contribution in [0.3, 0.4) is 0 Å². The fraction of sp³-hybridized carbons (Fsp3) is 0.371. The molecule has 2 aliphatic rings. The Bertz CT molecular complexity index is 2000. The lowest BCUT2D eigenvalue weighted by Gasteiger charge is -2.35. The van der Waals surface area contributed by atoms with Gasteiger partial charge in [-0.1, -0.05) is 6.07 Å². The second-order valence-corrected chi connectivity index (χ2v) is 17.0. The number of aromatic nitrogens is 5. The van der Waals surface area contributed by atoms with Crippen molar-refractivity contribution in [3.63, 3.8) is 0 Å². The molecule has 0 amide bonds. The lowest BCUT2D eigenvalue weighted by atomic mass is 10.0. The van der Waals surface area contributed by atoms with Crippen molar-refractivity contribution in [2.45, 2.75) is 31.8 Å². The van der Waals surface area contributed by atoms with Crippen LogP contribution in [-0.2, 0) is 16.3 Å². The van der Waals surface area contributed by atoms with E-state index in [4.69, 9.17) is 14.5 Å². The second-order valence-electron chi connectivity index (χ2n) is 13.0. The third-order valence-electron chi connectivity index (χ3n) is 8.92. The van der Waals surface area contributed by atoms with Crippen molar-refractivity contribution in [2.75, 3.05) is 55.7 Å². The summed E-state index contributed by atoms with van der Waals surface area (Å²) in [5.74, 6) is 2.34. The zero-order valence-corrected chi connectivity index (χ0v) is 30.1. The fourth-order valence-corrected chi connectivity index (χ4v) is 8.06. The van der Waals surface area contributed by atoms with E-state index in [1.54, 1.807) is 32.8 Å². The summed E-state index contributed by atoms with van der Waals surface area (Å²) in [6.45, 7) is 6.23. The summed E-state index contributed by atoms with van der Waals surface area (Å²) < 4.78 is 28.1. The number of piperidine rings is 1. The number of rotatable bonds is 11. The molecule has 2 fully saturated rings. The average molecular weight is 732 g/mol. The molecule has 1 aliphatic heterocycles. The number of aryl methyl sites for hydroxylation is 1. The number of nitrogens with zero attached hydrogens (tertiary/aromatic N) is 6. The Hall–Kier alpha value is -3.99. The molecule has 0 bridgehead atoms. The maximum absolute atomic E-state index is 13.5. The van der Waals surface area contributed by atoms with E-state index in [1.165, 1.54) is 12.8 Å². The number of benzene rings is 2. The molecule has 3 aromatic heterocycles. The average Bonchev–Trinajstić information content (AvgIpc) is 3.82. The van der Waals surface area contributed by atoms with Crippen LogP contribution < -0.4 is 25.6 Å².